The number of aliphatic hydroxyl groups is 2. The van der Waals surface area contributed by atoms with Gasteiger partial charge >= 0.3 is 0 Å². The van der Waals surface area contributed by atoms with Crippen molar-refractivity contribution in [2.75, 3.05) is 7.11 Å². The lowest BCUT2D eigenvalue weighted by Gasteiger charge is -2.44. The van der Waals surface area contributed by atoms with E-state index in [1.54, 1.807) is 13.8 Å². The fraction of sp³-hybridized carbons (Fsp3) is 0.545. The predicted octanol–water partition coefficient (Wildman–Crippen LogP) is 3.29. The Morgan fingerprint density at radius 2 is 1.73 bits per heavy atom. The fourth-order valence-corrected chi connectivity index (χ4v) is 7.19. The van der Waals surface area contributed by atoms with Crippen LogP contribution in [0.4, 0.5) is 0 Å². The molecule has 4 N–H and O–H groups in total. The van der Waals surface area contributed by atoms with E-state index in [-0.39, 0.29) is 40.8 Å². The Hall–Kier alpha value is -4.08. The fourth-order valence-electron chi connectivity index (χ4n) is 7.19. The van der Waals surface area contributed by atoms with Crippen LogP contribution in [0.15, 0.2) is 23.3 Å². The van der Waals surface area contributed by atoms with Crippen LogP contribution < -0.4 is 4.74 Å². The van der Waals surface area contributed by atoms with Crippen molar-refractivity contribution < 1.29 is 58.5 Å². The number of phenolic OH excluding ortho intramolecular Hbond substituents is 2. The van der Waals surface area contributed by atoms with Gasteiger partial charge in [-0.1, -0.05) is 17.2 Å². The molecule has 0 unspecified atom stereocenters. The van der Waals surface area contributed by atoms with Crippen LogP contribution >= 0.6 is 0 Å². The highest BCUT2D eigenvalue weighted by Gasteiger charge is 2.50. The van der Waals surface area contributed by atoms with Gasteiger partial charge < -0.3 is 44.1 Å². The number of carbonyl (C=O) groups excluding carboxylic acids is 3. The maximum absolute atomic E-state index is 13.9. The molecule has 2 aromatic carbocycles. The van der Waals surface area contributed by atoms with E-state index in [9.17, 15) is 40.3 Å². The van der Waals surface area contributed by atoms with Gasteiger partial charge in [-0.15, -0.1) is 0 Å². The molecule has 0 radical (unpaired) electrons. The van der Waals surface area contributed by atoms with Crippen LogP contribution in [0.2, 0.25) is 0 Å². The van der Waals surface area contributed by atoms with Crippen molar-refractivity contribution in [3.63, 3.8) is 0 Å². The first kappa shape index (κ1) is 33.8. The molecule has 2 aliphatic heterocycles. The highest BCUT2D eigenvalue weighted by molar-refractivity contribution is 6.31. The smallest absolute Gasteiger partial charge is 0.202 e. The second-order valence-corrected chi connectivity index (χ2v) is 12.8. The molecule has 2 aromatic rings. The summed E-state index contributed by atoms with van der Waals surface area (Å²) in [5.74, 6) is -3.38. The van der Waals surface area contributed by atoms with E-state index in [1.807, 2.05) is 0 Å². The minimum absolute atomic E-state index is 0.0401. The lowest BCUT2D eigenvalue weighted by Crippen LogP contribution is -2.52. The summed E-state index contributed by atoms with van der Waals surface area (Å²) in [6.07, 6.45) is -5.76. The number of rotatable bonds is 7. The average molecular weight is 668 g/mol. The van der Waals surface area contributed by atoms with E-state index in [1.165, 1.54) is 32.2 Å². The van der Waals surface area contributed by atoms with Crippen molar-refractivity contribution in [3.05, 3.63) is 62.0 Å². The number of ether oxygens (including phenoxy) is 5. The molecule has 0 aromatic heterocycles. The lowest BCUT2D eigenvalue weighted by molar-refractivity contribution is -0.293. The van der Waals surface area contributed by atoms with Crippen molar-refractivity contribution in [2.45, 2.75) is 108 Å². The summed E-state index contributed by atoms with van der Waals surface area (Å²) in [6, 6.07) is 3.58. The number of azide groups is 1. The molecule has 15 heteroatoms. The van der Waals surface area contributed by atoms with Gasteiger partial charge in [0.05, 0.1) is 60.4 Å². The largest absolute Gasteiger partial charge is 0.507 e. The molecule has 0 bridgehead atoms. The molecule has 0 saturated carbocycles. The van der Waals surface area contributed by atoms with Crippen LogP contribution in [0.1, 0.15) is 95.5 Å². The molecule has 6 rings (SSSR count). The maximum atomic E-state index is 13.9. The number of ketones is 3. The van der Waals surface area contributed by atoms with E-state index < -0.39 is 101 Å². The summed E-state index contributed by atoms with van der Waals surface area (Å²) in [4.78, 5) is 43.3. The number of hydrogen-bond donors (Lipinski definition) is 4. The van der Waals surface area contributed by atoms with Crippen LogP contribution in [-0.4, -0.2) is 93.5 Å². The van der Waals surface area contributed by atoms with Gasteiger partial charge in [0.25, 0.3) is 0 Å². The number of hydrogen-bond acceptors (Lipinski definition) is 13. The molecule has 9 atom stereocenters. The predicted molar refractivity (Wildman–Crippen MR) is 164 cm³/mol. The highest BCUT2D eigenvalue weighted by Crippen LogP contribution is 2.52. The third kappa shape index (κ3) is 5.60. The van der Waals surface area contributed by atoms with E-state index in [0.717, 1.165) is 0 Å². The first-order valence-electron chi connectivity index (χ1n) is 15.7. The zero-order valence-corrected chi connectivity index (χ0v) is 26.8. The van der Waals surface area contributed by atoms with Crippen molar-refractivity contribution in [1.82, 2.24) is 0 Å². The molecule has 15 nitrogen and oxygen atoms in total. The zero-order valence-electron chi connectivity index (χ0n) is 26.8. The second kappa shape index (κ2) is 12.7. The van der Waals surface area contributed by atoms with Gasteiger partial charge in [0.2, 0.25) is 5.78 Å². The molecule has 48 heavy (non-hydrogen) atoms. The van der Waals surface area contributed by atoms with Crippen molar-refractivity contribution in [1.29, 1.82) is 0 Å². The molecule has 256 valence electrons. The van der Waals surface area contributed by atoms with Gasteiger partial charge in [-0.3, -0.25) is 14.4 Å². The molecule has 0 spiro atoms. The molecule has 2 fully saturated rings. The number of aliphatic hydroxyl groups excluding tert-OH is 1. The number of nitrogens with zero attached hydrogens (tertiary/aromatic N) is 3. The summed E-state index contributed by atoms with van der Waals surface area (Å²) in [6.45, 7) is 4.57. The Kier molecular flexibility index (Phi) is 8.98. The van der Waals surface area contributed by atoms with E-state index in [0.29, 0.717) is 12.8 Å². The maximum Gasteiger partial charge on any atom is 0.202 e. The molecule has 4 aliphatic rings. The Morgan fingerprint density at radius 1 is 1.02 bits per heavy atom. The number of benzene rings is 2. The lowest BCUT2D eigenvalue weighted by atomic mass is 9.72. The van der Waals surface area contributed by atoms with Crippen LogP contribution in [0.3, 0.4) is 0 Å². The second-order valence-electron chi connectivity index (χ2n) is 12.8. The molecule has 2 aliphatic carbocycles. The summed E-state index contributed by atoms with van der Waals surface area (Å²) in [5.41, 5.74) is 6.03. The first-order chi connectivity index (χ1) is 22.8. The van der Waals surface area contributed by atoms with Crippen LogP contribution in [-0.2, 0) is 30.2 Å². The average Bonchev–Trinajstić information content (AvgIpc) is 3.04. The van der Waals surface area contributed by atoms with Gasteiger partial charge in [0.1, 0.15) is 22.8 Å². The number of phenols is 2. The Balaban J connectivity index is 1.36. The monoisotopic (exact) mass is 667 g/mol. The van der Waals surface area contributed by atoms with Crippen molar-refractivity contribution >= 4 is 17.3 Å². The standard InChI is InChI=1S/C33H37N3O12/c1-13-19(38)8-9-22(45-13)48-32-14(2)46-23(10-18(32)35-36-34)47-21-12-33(43,15(3)37)11-17-25(21)31(42)27-26(29(17)40)28(39)16-6-5-7-20(44-4)24(16)30(27)41/h5-7,13-14,18-19,21-23,32,38,40,42-43H,8-12H2,1-4H3/t13-,14-,18-,19+,21-,22-,23-,32+,33-/m0/s1. The zero-order chi connectivity index (χ0) is 34.7. The third-order valence-electron chi connectivity index (χ3n) is 9.80. The van der Waals surface area contributed by atoms with Crippen LogP contribution in [0, 0.1) is 0 Å². The summed E-state index contributed by atoms with van der Waals surface area (Å²) >= 11 is 0. The molecular formula is C33H37N3O12. The summed E-state index contributed by atoms with van der Waals surface area (Å²) < 4.78 is 29.6. The number of fused-ring (bicyclic) bond motifs is 3. The Bertz CT molecular complexity index is 1720. The minimum atomic E-state index is -2.08. The van der Waals surface area contributed by atoms with E-state index in [4.69, 9.17) is 23.7 Å². The van der Waals surface area contributed by atoms with Gasteiger partial charge in [0.15, 0.2) is 24.1 Å². The molecule has 0 amide bonds. The summed E-state index contributed by atoms with van der Waals surface area (Å²) in [5, 5.41) is 48.6. The SMILES string of the molecule is COc1cccc2c1C(=O)c1c(O)c3c(c(O)c1C2=O)C[C@@](O)(C(C)=O)C[C@@H]3O[C@H]1C[C@H](N=[N+]=[N-])[C@H](O[C@H]2CC[C@@H](O)[C@H](C)O2)[C@H](C)O1. The topological polar surface area (TPSA) is 227 Å². The van der Waals surface area contributed by atoms with E-state index in [2.05, 4.69) is 10.0 Å². The van der Waals surface area contributed by atoms with Gasteiger partial charge in [-0.05, 0) is 38.8 Å². The van der Waals surface area contributed by atoms with Crippen molar-refractivity contribution in [2.24, 2.45) is 5.11 Å². The Labute approximate surface area is 274 Å². The normalized spacial score (nSPS) is 32.8. The first-order valence-corrected chi connectivity index (χ1v) is 15.7. The number of aromatic hydroxyl groups is 2. The molecule has 2 heterocycles. The molecule has 2 saturated heterocycles. The van der Waals surface area contributed by atoms with Gasteiger partial charge in [-0.2, -0.15) is 0 Å². The van der Waals surface area contributed by atoms with Crippen LogP contribution in [0.5, 0.6) is 17.2 Å². The highest BCUT2D eigenvalue weighted by atomic mass is 16.7. The van der Waals surface area contributed by atoms with Gasteiger partial charge in [-0.25, -0.2) is 0 Å². The number of methoxy groups -OCH3 is 1. The summed E-state index contributed by atoms with van der Waals surface area (Å²) in [7, 11) is 1.33. The minimum Gasteiger partial charge on any atom is -0.507 e. The third-order valence-corrected chi connectivity index (χ3v) is 9.80. The number of carbonyl (C=O) groups is 3. The quantitative estimate of drug-likeness (QED) is 0.123. The van der Waals surface area contributed by atoms with E-state index >= 15 is 0 Å². The number of Topliss-reactive ketones (excluding diaryl/α,β-unsaturated/α-hetero) is 1. The van der Waals surface area contributed by atoms with Gasteiger partial charge in [0, 0.05) is 47.3 Å². The molecular weight excluding hydrogens is 630 g/mol. The van der Waals surface area contributed by atoms with Crippen LogP contribution in [0.25, 0.3) is 10.4 Å². The Morgan fingerprint density at radius 3 is 2.40 bits per heavy atom. The van der Waals surface area contributed by atoms with Crippen molar-refractivity contribution in [3.8, 4) is 17.2 Å².